The summed E-state index contributed by atoms with van der Waals surface area (Å²) >= 11 is 0. The van der Waals surface area contributed by atoms with E-state index >= 15 is 0 Å². The van der Waals surface area contributed by atoms with Crippen molar-refractivity contribution in [2.75, 3.05) is 0 Å². The van der Waals surface area contributed by atoms with Crippen molar-refractivity contribution in [3.05, 3.63) is 202 Å². The number of amides is 4. The van der Waals surface area contributed by atoms with E-state index in [-0.39, 0.29) is 33.4 Å². The van der Waals surface area contributed by atoms with Gasteiger partial charge >= 0.3 is 0 Å². The van der Waals surface area contributed by atoms with Crippen LogP contribution >= 0.6 is 0 Å². The molecular weight excluding hydrogens is 697 g/mol. The fourth-order valence-corrected chi connectivity index (χ4v) is 6.80. The van der Waals surface area contributed by atoms with E-state index in [2.05, 4.69) is 21.3 Å². The van der Waals surface area contributed by atoms with E-state index in [9.17, 15) is 19.2 Å². The van der Waals surface area contributed by atoms with Gasteiger partial charge in [-0.25, -0.2) is 0 Å². The second kappa shape index (κ2) is 18.0. The number of carbonyl (C=O) groups is 4. The Hall–Kier alpha value is -6.80. The molecule has 0 aliphatic rings. The third-order valence-electron chi connectivity index (χ3n) is 9.95. The lowest BCUT2D eigenvalue weighted by molar-refractivity contribution is 0.0921. The van der Waals surface area contributed by atoms with E-state index in [4.69, 9.17) is 0 Å². The van der Waals surface area contributed by atoms with Gasteiger partial charge in [0, 0.05) is 33.4 Å². The molecular formula is C48H46N4O4. The Labute approximate surface area is 328 Å². The summed E-state index contributed by atoms with van der Waals surface area (Å²) in [4.78, 5) is 57.9. The fourth-order valence-electron chi connectivity index (χ4n) is 6.80. The lowest BCUT2D eigenvalue weighted by atomic mass is 9.86. The summed E-state index contributed by atoms with van der Waals surface area (Å²) in [7, 11) is 0. The highest BCUT2D eigenvalue weighted by Gasteiger charge is 2.30. The molecule has 4 unspecified atom stereocenters. The molecule has 8 heteroatoms. The third-order valence-corrected chi connectivity index (χ3v) is 9.95. The van der Waals surface area contributed by atoms with E-state index in [0.29, 0.717) is 0 Å². The molecule has 6 aromatic carbocycles. The molecule has 56 heavy (non-hydrogen) atoms. The van der Waals surface area contributed by atoms with E-state index in [1.54, 1.807) is 36.4 Å². The van der Waals surface area contributed by atoms with Gasteiger partial charge in [0.2, 0.25) is 0 Å². The molecule has 4 amide bonds. The summed E-state index contributed by atoms with van der Waals surface area (Å²) in [6, 6.07) is 46.3. The normalized spacial score (nSPS) is 13.0. The molecule has 0 radical (unpaired) electrons. The highest BCUT2D eigenvalue weighted by molar-refractivity contribution is 6.16. The summed E-state index contributed by atoms with van der Waals surface area (Å²) in [5.41, 5.74) is 4.41. The molecule has 0 fully saturated rings. The van der Waals surface area contributed by atoms with E-state index < -0.39 is 47.8 Å². The Morgan fingerprint density at radius 2 is 0.500 bits per heavy atom. The van der Waals surface area contributed by atoms with Crippen LogP contribution in [0.5, 0.6) is 0 Å². The second-order valence-corrected chi connectivity index (χ2v) is 13.9. The summed E-state index contributed by atoms with van der Waals surface area (Å²) in [5.74, 6) is -1.89. The number of benzene rings is 6. The van der Waals surface area contributed by atoms with Gasteiger partial charge in [0.1, 0.15) is 0 Å². The van der Waals surface area contributed by atoms with Crippen molar-refractivity contribution in [3.8, 4) is 11.1 Å². The van der Waals surface area contributed by atoms with E-state index in [1.807, 2.05) is 149 Å². The molecule has 0 heterocycles. The fraction of sp³-hybridized carbons (Fsp3) is 0.167. The van der Waals surface area contributed by atoms with Crippen LogP contribution in [-0.2, 0) is 0 Å². The van der Waals surface area contributed by atoms with Crippen LogP contribution in [0.15, 0.2) is 158 Å². The highest BCUT2D eigenvalue weighted by Crippen LogP contribution is 2.36. The molecule has 0 bridgehead atoms. The smallest absolute Gasteiger partial charge is 0.252 e. The van der Waals surface area contributed by atoms with Crippen LogP contribution in [-0.4, -0.2) is 23.6 Å². The summed E-state index contributed by atoms with van der Waals surface area (Å²) in [6.07, 6.45) is 0. The topological polar surface area (TPSA) is 116 Å². The molecule has 0 saturated carbocycles. The maximum atomic E-state index is 14.5. The SMILES string of the molecule is CC(NC(=O)c1cccc(C(=O)NC(C)c2ccccc2)c1-c1c(C(=O)NC(C)c2ccccc2)cccc1C(=O)NC(C)c1ccccc1)c1ccccc1. The van der Waals surface area contributed by atoms with Crippen molar-refractivity contribution in [3.63, 3.8) is 0 Å². The molecule has 6 aromatic rings. The number of hydrogen-bond donors (Lipinski definition) is 4. The predicted molar refractivity (Wildman–Crippen MR) is 221 cm³/mol. The first-order valence-electron chi connectivity index (χ1n) is 18.8. The number of hydrogen-bond acceptors (Lipinski definition) is 4. The Bertz CT molecular complexity index is 1980. The van der Waals surface area contributed by atoms with Gasteiger partial charge in [-0.3, -0.25) is 19.2 Å². The van der Waals surface area contributed by atoms with Gasteiger partial charge in [-0.2, -0.15) is 0 Å². The van der Waals surface area contributed by atoms with E-state index in [0.717, 1.165) is 22.3 Å². The second-order valence-electron chi connectivity index (χ2n) is 13.9. The number of carbonyl (C=O) groups excluding carboxylic acids is 4. The first kappa shape index (κ1) is 38.9. The molecule has 0 aliphatic heterocycles. The summed E-state index contributed by atoms with van der Waals surface area (Å²) in [5, 5.41) is 12.4. The molecule has 0 aliphatic carbocycles. The van der Waals surface area contributed by atoms with Gasteiger partial charge in [-0.15, -0.1) is 0 Å². The first-order chi connectivity index (χ1) is 27.1. The van der Waals surface area contributed by atoms with Crippen molar-refractivity contribution < 1.29 is 19.2 Å². The maximum absolute atomic E-state index is 14.5. The van der Waals surface area contributed by atoms with Crippen molar-refractivity contribution in [2.45, 2.75) is 51.9 Å². The van der Waals surface area contributed by atoms with Gasteiger partial charge in [0.15, 0.2) is 0 Å². The zero-order valence-electron chi connectivity index (χ0n) is 32.0. The molecule has 0 spiro atoms. The first-order valence-corrected chi connectivity index (χ1v) is 18.8. The van der Waals surface area contributed by atoms with Crippen LogP contribution < -0.4 is 21.3 Å². The lowest BCUT2D eigenvalue weighted by Gasteiger charge is -2.24. The molecule has 6 rings (SSSR count). The molecule has 0 saturated heterocycles. The van der Waals surface area contributed by atoms with E-state index in [1.165, 1.54) is 0 Å². The average Bonchev–Trinajstić information content (AvgIpc) is 3.24. The van der Waals surface area contributed by atoms with Crippen molar-refractivity contribution in [1.29, 1.82) is 0 Å². The monoisotopic (exact) mass is 742 g/mol. The Kier molecular flexibility index (Phi) is 12.5. The minimum absolute atomic E-state index is 0.134. The van der Waals surface area contributed by atoms with Crippen LogP contribution in [0.3, 0.4) is 0 Å². The molecule has 282 valence electrons. The minimum Gasteiger partial charge on any atom is -0.345 e. The maximum Gasteiger partial charge on any atom is 0.252 e. The van der Waals surface area contributed by atoms with Gasteiger partial charge in [-0.1, -0.05) is 133 Å². The van der Waals surface area contributed by atoms with Gasteiger partial charge in [0.05, 0.1) is 24.2 Å². The average molecular weight is 743 g/mol. The molecule has 0 aromatic heterocycles. The Morgan fingerprint density at radius 1 is 0.304 bits per heavy atom. The largest absolute Gasteiger partial charge is 0.345 e. The van der Waals surface area contributed by atoms with Crippen molar-refractivity contribution in [2.24, 2.45) is 0 Å². The quantitative estimate of drug-likeness (QED) is 0.0944. The zero-order valence-corrected chi connectivity index (χ0v) is 32.0. The van der Waals surface area contributed by atoms with Crippen molar-refractivity contribution in [1.82, 2.24) is 21.3 Å². The van der Waals surface area contributed by atoms with Gasteiger partial charge in [0.25, 0.3) is 23.6 Å². The van der Waals surface area contributed by atoms with Crippen LogP contribution in [0.2, 0.25) is 0 Å². The highest BCUT2D eigenvalue weighted by atomic mass is 16.2. The standard InChI is InChI=1S/C48H46N4O4/c1-31(35-19-9-5-10-20-35)49-45(53)39-27-17-28-40(46(54)50-32(2)36-21-11-6-12-22-36)43(39)44-41(47(55)51-33(3)37-23-13-7-14-24-37)29-18-30-42(44)48(56)52-34(4)38-25-15-8-16-26-38/h5-34H,1-4H3,(H,49,53)(H,50,54)(H,51,55)(H,52,56). The molecule has 4 atom stereocenters. The van der Waals surface area contributed by atoms with Crippen LogP contribution in [0, 0.1) is 0 Å². The van der Waals surface area contributed by atoms with Gasteiger partial charge < -0.3 is 21.3 Å². The number of rotatable bonds is 13. The third kappa shape index (κ3) is 9.10. The molecule has 4 N–H and O–H groups in total. The predicted octanol–water partition coefficient (Wildman–Crippen LogP) is 9.32. The summed E-state index contributed by atoms with van der Waals surface area (Å²) in [6.45, 7) is 7.50. The van der Waals surface area contributed by atoms with Crippen LogP contribution in [0.1, 0.15) is 116 Å². The number of nitrogens with one attached hydrogen (secondary N) is 4. The Morgan fingerprint density at radius 3 is 0.696 bits per heavy atom. The zero-order chi connectivity index (χ0) is 39.6. The molecule has 8 nitrogen and oxygen atoms in total. The lowest BCUT2D eigenvalue weighted by Crippen LogP contribution is -2.32. The summed E-state index contributed by atoms with van der Waals surface area (Å²) < 4.78 is 0. The van der Waals surface area contributed by atoms with Crippen LogP contribution in [0.4, 0.5) is 0 Å². The van der Waals surface area contributed by atoms with Crippen molar-refractivity contribution >= 4 is 23.6 Å². The van der Waals surface area contributed by atoms with Crippen LogP contribution in [0.25, 0.3) is 11.1 Å². The Balaban J connectivity index is 1.52. The minimum atomic E-state index is -0.473. The van der Waals surface area contributed by atoms with Gasteiger partial charge in [-0.05, 0) is 74.2 Å².